The van der Waals surface area contributed by atoms with Gasteiger partial charge >= 0.3 is 0 Å². The van der Waals surface area contributed by atoms with Crippen molar-refractivity contribution in [3.8, 4) is 0 Å². The van der Waals surface area contributed by atoms with Crippen LogP contribution in [0, 0.1) is 6.92 Å². The van der Waals surface area contributed by atoms with Gasteiger partial charge in [0.15, 0.2) is 0 Å². The summed E-state index contributed by atoms with van der Waals surface area (Å²) in [7, 11) is -3.59. The average molecular weight is 470 g/mol. The molecule has 1 amide bonds. The van der Waals surface area contributed by atoms with Crippen LogP contribution in [0.25, 0.3) is 10.9 Å². The number of sulfonamides is 1. The van der Waals surface area contributed by atoms with E-state index in [0.29, 0.717) is 33.7 Å². The van der Waals surface area contributed by atoms with E-state index >= 15 is 0 Å². The molecular weight excluding hydrogens is 453 g/mol. The van der Waals surface area contributed by atoms with Crippen LogP contribution in [0.3, 0.4) is 0 Å². The van der Waals surface area contributed by atoms with Gasteiger partial charge in [0.1, 0.15) is 4.21 Å². The largest absolute Gasteiger partial charge is 0.336 e. The number of rotatable bonds is 3. The summed E-state index contributed by atoms with van der Waals surface area (Å²) in [5.74, 6) is -0.159. The highest BCUT2D eigenvalue weighted by Gasteiger charge is 2.32. The minimum absolute atomic E-state index is 0.159. The number of fused-ring (bicyclic) bond motifs is 1. The van der Waals surface area contributed by atoms with Crippen LogP contribution >= 0.6 is 34.5 Å². The molecule has 1 aliphatic rings. The summed E-state index contributed by atoms with van der Waals surface area (Å²) < 4.78 is 27.5. The van der Waals surface area contributed by atoms with E-state index in [4.69, 9.17) is 23.2 Å². The second-order valence-electron chi connectivity index (χ2n) is 6.71. The first kappa shape index (κ1) is 20.6. The number of hydrogen-bond acceptors (Lipinski definition) is 5. The van der Waals surface area contributed by atoms with Gasteiger partial charge in [-0.05, 0) is 43.3 Å². The summed E-state index contributed by atoms with van der Waals surface area (Å²) in [6, 6.07) is 10.2. The number of benzene rings is 1. The number of thiophene rings is 1. The predicted molar refractivity (Wildman–Crippen MR) is 115 cm³/mol. The van der Waals surface area contributed by atoms with Crippen LogP contribution in [0.15, 0.2) is 40.6 Å². The molecule has 6 nitrogen and oxygen atoms in total. The number of halogens is 2. The molecule has 10 heteroatoms. The smallest absolute Gasteiger partial charge is 0.255 e. The van der Waals surface area contributed by atoms with Gasteiger partial charge in [-0.25, -0.2) is 8.42 Å². The minimum Gasteiger partial charge on any atom is -0.336 e. The SMILES string of the molecule is Cc1nc2ccc(Cl)cc2cc1C(=O)N1CCN(S(=O)(=O)c2ccc(Cl)s2)CC1. The van der Waals surface area contributed by atoms with E-state index < -0.39 is 10.0 Å². The zero-order valence-corrected chi connectivity index (χ0v) is 18.6. The Morgan fingerprint density at radius 1 is 1.07 bits per heavy atom. The van der Waals surface area contributed by atoms with Crippen molar-refractivity contribution < 1.29 is 13.2 Å². The third-order valence-electron chi connectivity index (χ3n) is 4.87. The summed E-state index contributed by atoms with van der Waals surface area (Å²) in [5.41, 5.74) is 1.91. The Morgan fingerprint density at radius 2 is 1.79 bits per heavy atom. The van der Waals surface area contributed by atoms with E-state index in [0.717, 1.165) is 22.2 Å². The standard InChI is InChI=1S/C19H17Cl2N3O3S2/c1-12-15(11-13-10-14(20)2-3-16(13)22-12)19(25)23-6-8-24(9-7-23)29(26,27)18-5-4-17(21)28-18/h2-5,10-11H,6-9H2,1H3. The van der Waals surface area contributed by atoms with Gasteiger partial charge in [0.2, 0.25) is 0 Å². The highest BCUT2D eigenvalue weighted by atomic mass is 35.5. The molecule has 0 radical (unpaired) electrons. The molecule has 1 fully saturated rings. The lowest BCUT2D eigenvalue weighted by molar-refractivity contribution is 0.0697. The molecule has 1 saturated heterocycles. The fourth-order valence-corrected chi connectivity index (χ4v) is 6.57. The van der Waals surface area contributed by atoms with Crippen LogP contribution in [0.4, 0.5) is 0 Å². The number of aryl methyl sites for hydroxylation is 1. The van der Waals surface area contributed by atoms with E-state index in [2.05, 4.69) is 4.98 Å². The Balaban J connectivity index is 1.52. The lowest BCUT2D eigenvalue weighted by Gasteiger charge is -2.34. The van der Waals surface area contributed by atoms with Gasteiger partial charge in [-0.1, -0.05) is 23.2 Å². The van der Waals surface area contributed by atoms with Crippen molar-refractivity contribution >= 4 is 61.4 Å². The molecule has 29 heavy (non-hydrogen) atoms. The van der Waals surface area contributed by atoms with Crippen molar-refractivity contribution in [1.82, 2.24) is 14.2 Å². The van der Waals surface area contributed by atoms with Gasteiger partial charge in [0, 0.05) is 36.6 Å². The van der Waals surface area contributed by atoms with Crippen molar-refractivity contribution in [2.24, 2.45) is 0 Å². The highest BCUT2D eigenvalue weighted by molar-refractivity contribution is 7.91. The average Bonchev–Trinajstić information content (AvgIpc) is 3.14. The van der Waals surface area contributed by atoms with Crippen molar-refractivity contribution in [3.63, 3.8) is 0 Å². The maximum absolute atomic E-state index is 13.0. The van der Waals surface area contributed by atoms with Crippen LogP contribution in [-0.4, -0.2) is 54.7 Å². The third-order valence-corrected chi connectivity index (χ3v) is 8.70. The molecule has 152 valence electrons. The lowest BCUT2D eigenvalue weighted by atomic mass is 10.1. The van der Waals surface area contributed by atoms with E-state index in [1.807, 2.05) is 6.07 Å². The van der Waals surface area contributed by atoms with Gasteiger partial charge in [-0.3, -0.25) is 9.78 Å². The van der Waals surface area contributed by atoms with E-state index in [1.165, 1.54) is 10.4 Å². The molecule has 0 aliphatic carbocycles. The topological polar surface area (TPSA) is 70.6 Å². The number of aromatic nitrogens is 1. The molecule has 0 N–H and O–H groups in total. The number of pyridine rings is 1. The molecule has 3 heterocycles. The van der Waals surface area contributed by atoms with Crippen molar-refractivity contribution in [2.45, 2.75) is 11.1 Å². The number of nitrogens with zero attached hydrogens (tertiary/aromatic N) is 3. The first-order valence-electron chi connectivity index (χ1n) is 8.87. The lowest BCUT2D eigenvalue weighted by Crippen LogP contribution is -2.50. The number of hydrogen-bond donors (Lipinski definition) is 0. The number of piperazine rings is 1. The van der Waals surface area contributed by atoms with Gasteiger partial charge < -0.3 is 4.90 Å². The highest BCUT2D eigenvalue weighted by Crippen LogP contribution is 2.29. The molecule has 0 atom stereocenters. The minimum atomic E-state index is -3.59. The molecule has 1 aromatic carbocycles. The Kier molecular flexibility index (Phi) is 5.56. The normalized spacial score (nSPS) is 15.8. The fourth-order valence-electron chi connectivity index (χ4n) is 3.33. The first-order valence-corrected chi connectivity index (χ1v) is 11.9. The fraction of sp³-hybridized carbons (Fsp3) is 0.263. The zero-order chi connectivity index (χ0) is 20.8. The van der Waals surface area contributed by atoms with Crippen molar-refractivity contribution in [2.75, 3.05) is 26.2 Å². The van der Waals surface area contributed by atoms with Crippen LogP contribution in [0.5, 0.6) is 0 Å². The van der Waals surface area contributed by atoms with Crippen molar-refractivity contribution in [1.29, 1.82) is 0 Å². The molecule has 4 rings (SSSR count). The number of carbonyl (C=O) groups excluding carboxylic acids is 1. The summed E-state index contributed by atoms with van der Waals surface area (Å²) in [5, 5.41) is 1.37. The molecule has 0 unspecified atom stereocenters. The van der Waals surface area contributed by atoms with E-state index in [1.54, 1.807) is 36.1 Å². The molecule has 1 aliphatic heterocycles. The Morgan fingerprint density at radius 3 is 2.45 bits per heavy atom. The monoisotopic (exact) mass is 469 g/mol. The molecule has 3 aromatic rings. The second-order valence-corrected chi connectivity index (χ2v) is 11.0. The molecule has 0 saturated carbocycles. The van der Waals surface area contributed by atoms with E-state index in [-0.39, 0.29) is 23.2 Å². The summed E-state index contributed by atoms with van der Waals surface area (Å²) in [4.78, 5) is 19.2. The Labute approximate surface area is 182 Å². The van der Waals surface area contributed by atoms with Crippen LogP contribution < -0.4 is 0 Å². The van der Waals surface area contributed by atoms with Crippen molar-refractivity contribution in [3.05, 3.63) is 57.0 Å². The predicted octanol–water partition coefficient (Wildman–Crippen LogP) is 4.06. The molecule has 0 bridgehead atoms. The molecule has 0 spiro atoms. The summed E-state index contributed by atoms with van der Waals surface area (Å²) in [6.07, 6.45) is 0. The Hall–Kier alpha value is -1.71. The summed E-state index contributed by atoms with van der Waals surface area (Å²) >= 11 is 13.0. The zero-order valence-electron chi connectivity index (χ0n) is 15.4. The second kappa shape index (κ2) is 7.85. The van der Waals surface area contributed by atoms with E-state index in [9.17, 15) is 13.2 Å². The van der Waals surface area contributed by atoms with Crippen LogP contribution in [0.1, 0.15) is 16.1 Å². The van der Waals surface area contributed by atoms with Crippen LogP contribution in [-0.2, 0) is 10.0 Å². The quantitative estimate of drug-likeness (QED) is 0.579. The summed E-state index contributed by atoms with van der Waals surface area (Å²) in [6.45, 7) is 2.88. The maximum atomic E-state index is 13.0. The van der Waals surface area contributed by atoms with Gasteiger partial charge in [0.25, 0.3) is 15.9 Å². The van der Waals surface area contributed by atoms with Gasteiger partial charge in [0.05, 0.1) is 21.1 Å². The van der Waals surface area contributed by atoms with Gasteiger partial charge in [-0.2, -0.15) is 4.31 Å². The van der Waals surface area contributed by atoms with Gasteiger partial charge in [-0.15, -0.1) is 11.3 Å². The third kappa shape index (κ3) is 4.00. The molecule has 2 aromatic heterocycles. The Bertz CT molecular complexity index is 1200. The first-order chi connectivity index (χ1) is 13.8. The number of amides is 1. The molecular formula is C19H17Cl2N3O3S2. The van der Waals surface area contributed by atoms with Crippen LogP contribution in [0.2, 0.25) is 9.36 Å². The number of carbonyl (C=O) groups is 1. The maximum Gasteiger partial charge on any atom is 0.255 e.